The van der Waals surface area contributed by atoms with Crippen molar-refractivity contribution in [3.8, 4) is 0 Å². The second kappa shape index (κ2) is 9.13. The van der Waals surface area contributed by atoms with Crippen molar-refractivity contribution in [2.24, 2.45) is 0 Å². The molecule has 0 bridgehead atoms. The maximum atomic E-state index is 12.7. The molecule has 0 aliphatic rings. The third kappa shape index (κ3) is 6.97. The maximum absolute atomic E-state index is 12.7. The summed E-state index contributed by atoms with van der Waals surface area (Å²) >= 11 is 0. The van der Waals surface area contributed by atoms with Gasteiger partial charge in [0.15, 0.2) is 0 Å². The van der Waals surface area contributed by atoms with Crippen molar-refractivity contribution in [2.45, 2.75) is 52.6 Å². The van der Waals surface area contributed by atoms with Crippen LogP contribution in [0.3, 0.4) is 0 Å². The van der Waals surface area contributed by atoms with Gasteiger partial charge in [-0.15, -0.1) is 6.58 Å². The van der Waals surface area contributed by atoms with Crippen LogP contribution in [0.15, 0.2) is 29.7 Å². The monoisotopic (exact) mass is 359 g/mol. The molecule has 1 aromatic heterocycles. The van der Waals surface area contributed by atoms with Crippen molar-refractivity contribution in [3.63, 3.8) is 0 Å². The van der Waals surface area contributed by atoms with Crippen LogP contribution in [0.1, 0.15) is 27.7 Å². The van der Waals surface area contributed by atoms with Crippen molar-refractivity contribution in [2.75, 3.05) is 12.1 Å². The van der Waals surface area contributed by atoms with E-state index in [1.54, 1.807) is 27.7 Å². The number of aromatic nitrogens is 2. The molecule has 0 saturated heterocycles. The molecule has 1 atom stereocenters. The van der Waals surface area contributed by atoms with E-state index >= 15 is 0 Å². The molecule has 1 rings (SSSR count). The molecule has 0 unspecified atom stereocenters. The highest BCUT2D eigenvalue weighted by Crippen LogP contribution is 2.50. The first kappa shape index (κ1) is 20.6. The predicted octanol–water partition coefficient (Wildman–Crippen LogP) is 2.40. The standard InChI is InChI=1S/C15H26N3O5P/c1-6-13(9-18-8-7-14(16)17-15(18)19)21-10-24(20,22-11(2)3)23-12(4)5/h6-8,11-13H,1,9-10H2,2-5H3,(H2,16,17,19)/t13-/m0/s1. The van der Waals surface area contributed by atoms with Gasteiger partial charge in [0, 0.05) is 6.20 Å². The highest BCUT2D eigenvalue weighted by atomic mass is 31.2. The number of nitrogens with zero attached hydrogens (tertiary/aromatic N) is 2. The van der Waals surface area contributed by atoms with E-state index in [0.29, 0.717) is 0 Å². The van der Waals surface area contributed by atoms with Crippen molar-refractivity contribution >= 4 is 13.4 Å². The normalized spacial score (nSPS) is 13.4. The minimum Gasteiger partial charge on any atom is -0.383 e. The summed E-state index contributed by atoms with van der Waals surface area (Å²) in [6.07, 6.45) is 1.68. The summed E-state index contributed by atoms with van der Waals surface area (Å²) in [6.45, 7) is 10.9. The van der Waals surface area contributed by atoms with E-state index < -0.39 is 19.4 Å². The fourth-order valence-corrected chi connectivity index (χ4v) is 3.72. The zero-order valence-corrected chi connectivity index (χ0v) is 15.4. The SMILES string of the molecule is C=C[C@@H](Cn1ccc(N)nc1=O)OCP(=O)(OC(C)C)OC(C)C. The Morgan fingerprint density at radius 2 is 1.92 bits per heavy atom. The van der Waals surface area contributed by atoms with Crippen LogP contribution in [0, 0.1) is 0 Å². The van der Waals surface area contributed by atoms with Crippen molar-refractivity contribution in [1.82, 2.24) is 9.55 Å². The Balaban J connectivity index is 2.77. The van der Waals surface area contributed by atoms with Gasteiger partial charge in [0.25, 0.3) is 0 Å². The summed E-state index contributed by atoms with van der Waals surface area (Å²) in [5, 5.41) is 0. The molecule has 1 heterocycles. The highest BCUT2D eigenvalue weighted by Gasteiger charge is 2.29. The second-order valence-electron chi connectivity index (χ2n) is 5.78. The minimum absolute atomic E-state index is 0.146. The molecule has 0 amide bonds. The second-order valence-corrected chi connectivity index (χ2v) is 7.68. The molecule has 0 aromatic carbocycles. The largest absolute Gasteiger partial charge is 0.383 e. The van der Waals surface area contributed by atoms with Gasteiger partial charge in [0.2, 0.25) is 0 Å². The van der Waals surface area contributed by atoms with E-state index in [9.17, 15) is 9.36 Å². The lowest BCUT2D eigenvalue weighted by Gasteiger charge is -2.24. The quantitative estimate of drug-likeness (QED) is 0.505. The van der Waals surface area contributed by atoms with E-state index in [-0.39, 0.29) is 30.9 Å². The van der Waals surface area contributed by atoms with Crippen LogP contribution in [0.5, 0.6) is 0 Å². The summed E-state index contributed by atoms with van der Waals surface area (Å²) in [5.74, 6) is 0.146. The zero-order chi connectivity index (χ0) is 18.3. The minimum atomic E-state index is -3.42. The number of hydrogen-bond acceptors (Lipinski definition) is 7. The first-order valence-corrected chi connectivity index (χ1v) is 9.41. The summed E-state index contributed by atoms with van der Waals surface area (Å²) in [6, 6.07) is 1.51. The van der Waals surface area contributed by atoms with Crippen molar-refractivity contribution < 1.29 is 18.3 Å². The Labute approximate surface area is 142 Å². The molecule has 0 saturated carbocycles. The van der Waals surface area contributed by atoms with E-state index in [2.05, 4.69) is 11.6 Å². The van der Waals surface area contributed by atoms with Gasteiger partial charge in [-0.2, -0.15) is 4.98 Å². The van der Waals surface area contributed by atoms with Gasteiger partial charge >= 0.3 is 13.3 Å². The summed E-state index contributed by atoms with van der Waals surface area (Å²) in [5.41, 5.74) is 4.96. The fraction of sp³-hybridized carbons (Fsp3) is 0.600. The maximum Gasteiger partial charge on any atom is 0.356 e. The van der Waals surface area contributed by atoms with Gasteiger partial charge in [-0.05, 0) is 33.8 Å². The molecule has 8 nitrogen and oxygen atoms in total. The molecule has 0 aliphatic heterocycles. The first-order valence-electron chi connectivity index (χ1n) is 7.68. The van der Waals surface area contributed by atoms with E-state index in [4.69, 9.17) is 19.5 Å². The van der Waals surface area contributed by atoms with Crippen LogP contribution in [0.2, 0.25) is 0 Å². The molecule has 24 heavy (non-hydrogen) atoms. The smallest absolute Gasteiger partial charge is 0.356 e. The number of hydrogen-bond donors (Lipinski definition) is 1. The van der Waals surface area contributed by atoms with E-state index in [1.165, 1.54) is 22.9 Å². The Bertz CT molecular complexity index is 630. The molecular weight excluding hydrogens is 333 g/mol. The fourth-order valence-electron chi connectivity index (χ4n) is 1.89. The van der Waals surface area contributed by atoms with Crippen LogP contribution in [-0.2, 0) is 24.9 Å². The first-order chi connectivity index (χ1) is 11.1. The number of nitrogen functional groups attached to an aromatic ring is 1. The highest BCUT2D eigenvalue weighted by molar-refractivity contribution is 7.53. The van der Waals surface area contributed by atoms with Crippen LogP contribution < -0.4 is 11.4 Å². The van der Waals surface area contributed by atoms with Gasteiger partial charge < -0.3 is 19.5 Å². The number of nitrogens with two attached hydrogens (primary N) is 1. The Hall–Kier alpha value is -1.47. The lowest BCUT2D eigenvalue weighted by molar-refractivity contribution is 0.0675. The van der Waals surface area contributed by atoms with Gasteiger partial charge in [-0.25, -0.2) is 4.79 Å². The van der Waals surface area contributed by atoms with Crippen molar-refractivity contribution in [3.05, 3.63) is 35.4 Å². The van der Waals surface area contributed by atoms with Crippen LogP contribution in [0.25, 0.3) is 0 Å². The lowest BCUT2D eigenvalue weighted by atomic mass is 10.3. The summed E-state index contributed by atoms with van der Waals surface area (Å²) < 4.78 is 30.5. The molecule has 0 radical (unpaired) electrons. The molecule has 0 fully saturated rings. The molecule has 1 aromatic rings. The van der Waals surface area contributed by atoms with Gasteiger partial charge in [-0.3, -0.25) is 9.13 Å². The van der Waals surface area contributed by atoms with E-state index in [0.717, 1.165) is 0 Å². The van der Waals surface area contributed by atoms with Crippen LogP contribution >= 0.6 is 7.60 Å². The summed E-state index contributed by atoms with van der Waals surface area (Å²) in [4.78, 5) is 15.4. The average molecular weight is 359 g/mol. The third-order valence-corrected chi connectivity index (χ3v) is 4.68. The van der Waals surface area contributed by atoms with Gasteiger partial charge in [0.1, 0.15) is 12.2 Å². The zero-order valence-electron chi connectivity index (χ0n) is 14.5. The molecule has 136 valence electrons. The Morgan fingerprint density at radius 3 is 2.38 bits per heavy atom. The molecular formula is C15H26N3O5P. The average Bonchev–Trinajstić information content (AvgIpc) is 2.43. The summed E-state index contributed by atoms with van der Waals surface area (Å²) in [7, 11) is -3.42. The Kier molecular flexibility index (Phi) is 7.83. The predicted molar refractivity (Wildman–Crippen MR) is 92.9 cm³/mol. The molecule has 0 spiro atoms. The van der Waals surface area contributed by atoms with Gasteiger partial charge in [0.05, 0.1) is 24.9 Å². The van der Waals surface area contributed by atoms with Crippen LogP contribution in [-0.4, -0.2) is 34.2 Å². The molecule has 2 N–H and O–H groups in total. The number of ether oxygens (including phenoxy) is 1. The number of anilines is 1. The topological polar surface area (TPSA) is 106 Å². The molecule has 0 aliphatic carbocycles. The third-order valence-electron chi connectivity index (χ3n) is 2.72. The van der Waals surface area contributed by atoms with Crippen molar-refractivity contribution in [1.29, 1.82) is 0 Å². The van der Waals surface area contributed by atoms with E-state index in [1.807, 2.05) is 0 Å². The lowest BCUT2D eigenvalue weighted by Crippen LogP contribution is -2.29. The molecule has 9 heteroatoms. The Morgan fingerprint density at radius 1 is 1.33 bits per heavy atom. The van der Waals surface area contributed by atoms with Crippen LogP contribution in [0.4, 0.5) is 5.82 Å². The van der Waals surface area contributed by atoms with Gasteiger partial charge in [-0.1, -0.05) is 6.08 Å². The number of rotatable bonds is 10.